The average molecular weight is 480 g/mol. The molecule has 176 valence electrons. The molecule has 8 nitrogen and oxygen atoms in total. The Labute approximate surface area is 198 Å². The minimum absolute atomic E-state index is 0.0802. The summed E-state index contributed by atoms with van der Waals surface area (Å²) in [5.74, 6) is -1.06. The zero-order valence-electron chi connectivity index (χ0n) is 18.8. The highest BCUT2D eigenvalue weighted by Gasteiger charge is 2.27. The number of rotatable bonds is 9. The highest BCUT2D eigenvalue weighted by atomic mass is 32.2. The second kappa shape index (κ2) is 11.2. The number of hydrogen-bond donors (Lipinski definition) is 1. The van der Waals surface area contributed by atoms with Gasteiger partial charge in [0.25, 0.3) is 15.9 Å². The Morgan fingerprint density at radius 2 is 1.62 bits per heavy atom. The van der Waals surface area contributed by atoms with Crippen molar-refractivity contribution in [2.75, 3.05) is 18.0 Å². The largest absolute Gasteiger partial charge is 0.465 e. The lowest BCUT2D eigenvalue weighted by molar-refractivity contribution is -0.119. The van der Waals surface area contributed by atoms with Crippen LogP contribution in [-0.2, 0) is 26.0 Å². The molecule has 1 N–H and O–H groups in total. The second-order valence-corrected chi connectivity index (χ2v) is 9.11. The number of nitrogens with one attached hydrogen (secondary N) is 1. The molecule has 3 rings (SSSR count). The smallest absolute Gasteiger partial charge is 0.337 e. The summed E-state index contributed by atoms with van der Waals surface area (Å²) in [6.45, 7) is 1.54. The molecule has 0 saturated heterocycles. The van der Waals surface area contributed by atoms with E-state index in [4.69, 9.17) is 0 Å². The summed E-state index contributed by atoms with van der Waals surface area (Å²) in [5, 5.41) is 3.90. The normalized spacial score (nSPS) is 11.2. The Kier molecular flexibility index (Phi) is 8.15. The molecule has 0 heterocycles. The number of hydrazone groups is 1. The molecule has 0 saturated carbocycles. The van der Waals surface area contributed by atoms with Gasteiger partial charge in [0.15, 0.2) is 0 Å². The molecule has 9 heteroatoms. The van der Waals surface area contributed by atoms with Gasteiger partial charge in [-0.3, -0.25) is 9.10 Å². The molecule has 1 amide bonds. The van der Waals surface area contributed by atoms with E-state index < -0.39 is 28.4 Å². The van der Waals surface area contributed by atoms with E-state index in [1.54, 1.807) is 54.6 Å². The molecule has 3 aromatic carbocycles. The summed E-state index contributed by atoms with van der Waals surface area (Å²) >= 11 is 0. The van der Waals surface area contributed by atoms with Crippen molar-refractivity contribution < 1.29 is 22.7 Å². The van der Waals surface area contributed by atoms with Crippen molar-refractivity contribution in [1.29, 1.82) is 0 Å². The molecule has 0 aliphatic heterocycles. The standard InChI is InChI=1S/C25H25N3O5S/c1-3-19-11-15-22(16-12-19)28(34(31,32)23-7-5-4-6-8-23)18-24(29)27-26-17-20-9-13-21(14-10-20)25(30)33-2/h4-17H,3,18H2,1-2H3,(H,27,29)/b26-17-. The maximum absolute atomic E-state index is 13.3. The third kappa shape index (κ3) is 6.08. The number of hydrogen-bond acceptors (Lipinski definition) is 6. The summed E-state index contributed by atoms with van der Waals surface area (Å²) < 4.78 is 32.3. The van der Waals surface area contributed by atoms with Crippen molar-refractivity contribution in [2.45, 2.75) is 18.2 Å². The maximum Gasteiger partial charge on any atom is 0.337 e. The van der Waals surface area contributed by atoms with Crippen molar-refractivity contribution in [3.05, 3.63) is 95.6 Å². The number of carbonyl (C=O) groups is 2. The number of anilines is 1. The number of methoxy groups -OCH3 is 1. The summed E-state index contributed by atoms with van der Waals surface area (Å²) in [6, 6.07) is 21.4. The fourth-order valence-electron chi connectivity index (χ4n) is 3.10. The minimum atomic E-state index is -3.98. The van der Waals surface area contributed by atoms with Crippen LogP contribution in [0.5, 0.6) is 0 Å². The minimum Gasteiger partial charge on any atom is -0.465 e. The molecular weight excluding hydrogens is 454 g/mol. The fourth-order valence-corrected chi connectivity index (χ4v) is 4.54. The van der Waals surface area contributed by atoms with Crippen LogP contribution in [0.2, 0.25) is 0 Å². The summed E-state index contributed by atoms with van der Waals surface area (Å²) in [5.41, 5.74) is 4.81. The number of ether oxygens (including phenoxy) is 1. The number of amides is 1. The van der Waals surface area contributed by atoms with Gasteiger partial charge < -0.3 is 4.74 Å². The highest BCUT2D eigenvalue weighted by Crippen LogP contribution is 2.24. The van der Waals surface area contributed by atoms with Crippen LogP contribution < -0.4 is 9.73 Å². The molecule has 0 fully saturated rings. The Morgan fingerprint density at radius 3 is 2.21 bits per heavy atom. The van der Waals surface area contributed by atoms with Crippen LogP contribution in [0.4, 0.5) is 5.69 Å². The van der Waals surface area contributed by atoms with E-state index in [2.05, 4.69) is 15.3 Å². The third-order valence-corrected chi connectivity index (χ3v) is 6.77. The van der Waals surface area contributed by atoms with Gasteiger partial charge in [0.1, 0.15) is 6.54 Å². The number of esters is 1. The van der Waals surface area contributed by atoms with Crippen LogP contribution in [-0.4, -0.2) is 40.2 Å². The van der Waals surface area contributed by atoms with Gasteiger partial charge in [-0.2, -0.15) is 5.10 Å². The number of benzene rings is 3. The lowest BCUT2D eigenvalue weighted by atomic mass is 10.1. The first-order valence-electron chi connectivity index (χ1n) is 10.5. The summed E-state index contributed by atoms with van der Waals surface area (Å²) in [6.07, 6.45) is 2.20. The van der Waals surface area contributed by atoms with Crippen LogP contribution in [0.1, 0.15) is 28.4 Å². The Balaban J connectivity index is 1.77. The van der Waals surface area contributed by atoms with Gasteiger partial charge in [0.2, 0.25) is 0 Å². The molecule has 0 aliphatic rings. The molecule has 0 unspecified atom stereocenters. The van der Waals surface area contributed by atoms with Gasteiger partial charge in [-0.05, 0) is 53.9 Å². The first-order valence-corrected chi connectivity index (χ1v) is 12.0. The molecule has 0 radical (unpaired) electrons. The van der Waals surface area contributed by atoms with Crippen molar-refractivity contribution in [2.24, 2.45) is 5.10 Å². The van der Waals surface area contributed by atoms with Gasteiger partial charge in [-0.15, -0.1) is 0 Å². The van der Waals surface area contributed by atoms with Crippen LogP contribution in [0, 0.1) is 0 Å². The number of nitrogens with zero attached hydrogens (tertiary/aromatic N) is 2. The first-order chi connectivity index (χ1) is 16.3. The average Bonchev–Trinajstić information content (AvgIpc) is 2.87. The topological polar surface area (TPSA) is 105 Å². The molecule has 34 heavy (non-hydrogen) atoms. The summed E-state index contributed by atoms with van der Waals surface area (Å²) in [7, 11) is -2.69. The van der Waals surface area contributed by atoms with E-state index in [0.717, 1.165) is 16.3 Å². The molecule has 0 aliphatic carbocycles. The van der Waals surface area contributed by atoms with Gasteiger partial charge in [-0.25, -0.2) is 18.6 Å². The van der Waals surface area contributed by atoms with Crippen LogP contribution in [0.15, 0.2) is 88.9 Å². The van der Waals surface area contributed by atoms with Crippen LogP contribution >= 0.6 is 0 Å². The Morgan fingerprint density at radius 1 is 0.971 bits per heavy atom. The van der Waals surface area contributed by atoms with E-state index in [-0.39, 0.29) is 4.90 Å². The zero-order chi connectivity index (χ0) is 24.6. The van der Waals surface area contributed by atoms with Crippen molar-refractivity contribution in [3.8, 4) is 0 Å². The van der Waals surface area contributed by atoms with E-state index in [1.807, 2.05) is 19.1 Å². The van der Waals surface area contributed by atoms with Crippen molar-refractivity contribution >= 4 is 33.8 Å². The fraction of sp³-hybridized carbons (Fsp3) is 0.160. The van der Waals surface area contributed by atoms with E-state index in [9.17, 15) is 18.0 Å². The number of aryl methyl sites for hydroxylation is 1. The van der Waals surface area contributed by atoms with Crippen LogP contribution in [0.25, 0.3) is 0 Å². The molecular formula is C25H25N3O5S. The van der Waals surface area contributed by atoms with E-state index in [0.29, 0.717) is 16.8 Å². The van der Waals surface area contributed by atoms with Crippen molar-refractivity contribution in [1.82, 2.24) is 5.43 Å². The lowest BCUT2D eigenvalue weighted by Crippen LogP contribution is -2.39. The number of sulfonamides is 1. The molecule has 0 bridgehead atoms. The summed E-state index contributed by atoms with van der Waals surface area (Å²) in [4.78, 5) is 24.2. The molecule has 0 atom stereocenters. The SMILES string of the molecule is CCc1ccc(N(CC(=O)N/N=C\c2ccc(C(=O)OC)cc2)S(=O)(=O)c2ccccc2)cc1. The molecule has 3 aromatic rings. The highest BCUT2D eigenvalue weighted by molar-refractivity contribution is 7.92. The van der Waals surface area contributed by atoms with Crippen molar-refractivity contribution in [3.63, 3.8) is 0 Å². The van der Waals surface area contributed by atoms with Crippen LogP contribution in [0.3, 0.4) is 0 Å². The predicted octanol–water partition coefficient (Wildman–Crippen LogP) is 3.38. The lowest BCUT2D eigenvalue weighted by Gasteiger charge is -2.24. The molecule has 0 spiro atoms. The van der Waals surface area contributed by atoms with E-state index >= 15 is 0 Å². The van der Waals surface area contributed by atoms with Gasteiger partial charge in [0.05, 0.1) is 29.5 Å². The Hall–Kier alpha value is -3.98. The quantitative estimate of drug-likeness (QED) is 0.288. The van der Waals surface area contributed by atoms with Gasteiger partial charge in [-0.1, -0.05) is 49.4 Å². The molecule has 0 aromatic heterocycles. The monoisotopic (exact) mass is 479 g/mol. The maximum atomic E-state index is 13.3. The predicted molar refractivity (Wildman–Crippen MR) is 130 cm³/mol. The first kappa shape index (κ1) is 24.7. The zero-order valence-corrected chi connectivity index (χ0v) is 19.7. The second-order valence-electron chi connectivity index (χ2n) is 7.25. The van der Waals surface area contributed by atoms with Gasteiger partial charge >= 0.3 is 5.97 Å². The van der Waals surface area contributed by atoms with Gasteiger partial charge in [0, 0.05) is 0 Å². The number of carbonyl (C=O) groups excluding carboxylic acids is 2. The Bertz CT molecular complexity index is 1260. The van der Waals surface area contributed by atoms with E-state index in [1.165, 1.54) is 25.5 Å². The third-order valence-electron chi connectivity index (χ3n) is 4.99.